The van der Waals surface area contributed by atoms with E-state index in [1.165, 1.54) is 29.4 Å². The minimum Gasteiger partial charge on any atom is -0.388 e. The van der Waals surface area contributed by atoms with Crippen LogP contribution in [0.3, 0.4) is 0 Å². The van der Waals surface area contributed by atoms with Crippen molar-refractivity contribution in [2.24, 2.45) is 0 Å². The molecule has 0 aliphatic carbocycles. The van der Waals surface area contributed by atoms with Crippen LogP contribution in [0.4, 0.5) is 4.39 Å². The van der Waals surface area contributed by atoms with Gasteiger partial charge in [0.2, 0.25) is 5.95 Å². The number of likely N-dealkylation sites (tertiary alicyclic amines) is 1. The summed E-state index contributed by atoms with van der Waals surface area (Å²) in [5.74, 6) is -0.920. The summed E-state index contributed by atoms with van der Waals surface area (Å²) in [7, 11) is 0. The molecule has 0 spiro atoms. The molecule has 6 rings (SSSR count). The monoisotopic (exact) mass is 524 g/mol. The fraction of sp³-hybridized carbons (Fsp3) is 0.207. The molecule has 1 N–H and O–H groups in total. The van der Waals surface area contributed by atoms with Gasteiger partial charge in [-0.1, -0.05) is 42.5 Å². The molecule has 1 aliphatic rings. The second kappa shape index (κ2) is 9.88. The van der Waals surface area contributed by atoms with Gasteiger partial charge in [0.05, 0.1) is 29.6 Å². The molecule has 3 aromatic heterocycles. The van der Waals surface area contributed by atoms with E-state index in [2.05, 4.69) is 15.1 Å². The van der Waals surface area contributed by atoms with Crippen LogP contribution in [0.15, 0.2) is 90.2 Å². The Morgan fingerprint density at radius 1 is 0.923 bits per heavy atom. The molecule has 0 unspecified atom stereocenters. The third kappa shape index (κ3) is 4.82. The van der Waals surface area contributed by atoms with E-state index in [-0.39, 0.29) is 30.9 Å². The van der Waals surface area contributed by atoms with E-state index < -0.39 is 11.5 Å². The van der Waals surface area contributed by atoms with Crippen LogP contribution >= 0.6 is 0 Å². The van der Waals surface area contributed by atoms with Crippen molar-refractivity contribution in [3.8, 4) is 16.8 Å². The third-order valence-corrected chi connectivity index (χ3v) is 7.19. The highest BCUT2D eigenvalue weighted by Crippen LogP contribution is 2.26. The number of aliphatic hydroxyl groups is 1. The van der Waals surface area contributed by atoms with E-state index >= 15 is 0 Å². The fourth-order valence-corrected chi connectivity index (χ4v) is 4.96. The van der Waals surface area contributed by atoms with Gasteiger partial charge in [0, 0.05) is 19.3 Å². The lowest BCUT2D eigenvalue weighted by Crippen LogP contribution is -2.49. The number of benzene rings is 2. The molecule has 5 aromatic rings. The minimum absolute atomic E-state index is 0.0475. The van der Waals surface area contributed by atoms with Gasteiger partial charge in [0.25, 0.3) is 11.5 Å². The van der Waals surface area contributed by atoms with Gasteiger partial charge in [-0.25, -0.2) is 14.6 Å². The largest absolute Gasteiger partial charge is 0.388 e. The van der Waals surface area contributed by atoms with Crippen LogP contribution in [0, 0.1) is 5.95 Å². The first-order chi connectivity index (χ1) is 18.9. The lowest BCUT2D eigenvalue weighted by molar-refractivity contribution is -0.0299. The highest BCUT2D eigenvalue weighted by atomic mass is 19.1. The van der Waals surface area contributed by atoms with Crippen LogP contribution < -0.4 is 5.56 Å². The van der Waals surface area contributed by atoms with Gasteiger partial charge in [-0.15, -0.1) is 0 Å². The number of aromatic nitrogens is 5. The van der Waals surface area contributed by atoms with Gasteiger partial charge in [0.15, 0.2) is 5.65 Å². The molecule has 1 fully saturated rings. The normalized spacial score (nSPS) is 15.0. The van der Waals surface area contributed by atoms with Crippen LogP contribution in [0.2, 0.25) is 0 Å². The van der Waals surface area contributed by atoms with Crippen LogP contribution in [0.5, 0.6) is 0 Å². The van der Waals surface area contributed by atoms with Crippen LogP contribution in [-0.4, -0.2) is 58.9 Å². The van der Waals surface area contributed by atoms with Crippen molar-refractivity contribution in [1.29, 1.82) is 0 Å². The van der Waals surface area contributed by atoms with E-state index in [1.54, 1.807) is 9.58 Å². The highest BCUT2D eigenvalue weighted by molar-refractivity contribution is 5.94. The second-order valence-corrected chi connectivity index (χ2v) is 9.77. The minimum atomic E-state index is -1.18. The van der Waals surface area contributed by atoms with Crippen molar-refractivity contribution < 1.29 is 14.3 Å². The molecule has 10 heteroatoms. The Labute approximate surface area is 222 Å². The van der Waals surface area contributed by atoms with Crippen molar-refractivity contribution in [3.63, 3.8) is 0 Å². The van der Waals surface area contributed by atoms with Crippen molar-refractivity contribution in [2.45, 2.75) is 25.0 Å². The summed E-state index contributed by atoms with van der Waals surface area (Å²) in [5, 5.41) is 16.0. The van der Waals surface area contributed by atoms with Gasteiger partial charge in [-0.05, 0) is 48.2 Å². The molecule has 39 heavy (non-hydrogen) atoms. The summed E-state index contributed by atoms with van der Waals surface area (Å²) in [5.41, 5.74) is 2.21. The number of pyridine rings is 1. The maximum absolute atomic E-state index is 13.3. The molecule has 1 amide bonds. The standard InChI is InChI=1S/C29H25FN6O3/c30-25-11-8-22(16-31-25)27(37)34-14-12-29(39,13-15-34)18-35-19-32-26-24(28(35)38)17-33-36(26)23-9-6-21(7-10-23)20-4-2-1-3-5-20/h1-11,16-17,19,39H,12-15,18H2. The average Bonchev–Trinajstić information content (AvgIpc) is 3.40. The summed E-state index contributed by atoms with van der Waals surface area (Å²) in [6.45, 7) is 0.647. The maximum Gasteiger partial charge on any atom is 0.264 e. The second-order valence-electron chi connectivity index (χ2n) is 9.77. The quantitative estimate of drug-likeness (QED) is 0.353. The predicted octanol–water partition coefficient (Wildman–Crippen LogP) is 3.45. The van der Waals surface area contributed by atoms with E-state index in [0.717, 1.165) is 22.9 Å². The van der Waals surface area contributed by atoms with E-state index in [1.807, 2.05) is 54.6 Å². The van der Waals surface area contributed by atoms with E-state index in [0.29, 0.717) is 29.7 Å². The summed E-state index contributed by atoms with van der Waals surface area (Å²) in [4.78, 5) is 35.6. The summed E-state index contributed by atoms with van der Waals surface area (Å²) in [6.07, 6.45) is 4.70. The molecule has 0 radical (unpaired) electrons. The van der Waals surface area contributed by atoms with E-state index in [4.69, 9.17) is 0 Å². The number of halogens is 1. The van der Waals surface area contributed by atoms with E-state index in [9.17, 15) is 19.1 Å². The van der Waals surface area contributed by atoms with Crippen molar-refractivity contribution in [3.05, 3.63) is 107 Å². The number of hydrogen-bond acceptors (Lipinski definition) is 6. The summed E-state index contributed by atoms with van der Waals surface area (Å²) in [6, 6.07) is 20.4. The van der Waals surface area contributed by atoms with Gasteiger partial charge >= 0.3 is 0 Å². The Balaban J connectivity index is 1.17. The molecule has 0 atom stereocenters. The third-order valence-electron chi connectivity index (χ3n) is 7.19. The SMILES string of the molecule is O=C(c1ccc(F)nc1)N1CCC(O)(Cn2cnc3c(cnn3-c3ccc(-c4ccccc4)cc3)c2=O)CC1. The Bertz CT molecular complexity index is 1690. The number of amides is 1. The molecular weight excluding hydrogens is 499 g/mol. The number of hydrogen-bond donors (Lipinski definition) is 1. The molecule has 1 aliphatic heterocycles. The number of rotatable bonds is 5. The predicted molar refractivity (Wildman–Crippen MR) is 143 cm³/mol. The van der Waals surface area contributed by atoms with Crippen LogP contribution in [0.1, 0.15) is 23.2 Å². The number of piperidine rings is 1. The maximum atomic E-state index is 13.3. The molecule has 196 valence electrons. The Morgan fingerprint density at radius 2 is 1.64 bits per heavy atom. The van der Waals surface area contributed by atoms with Gasteiger partial charge in [-0.3, -0.25) is 14.2 Å². The zero-order valence-electron chi connectivity index (χ0n) is 20.9. The Morgan fingerprint density at radius 3 is 2.33 bits per heavy atom. The first kappa shape index (κ1) is 24.6. The van der Waals surface area contributed by atoms with Gasteiger partial charge < -0.3 is 10.0 Å². The van der Waals surface area contributed by atoms with Crippen molar-refractivity contribution in [2.75, 3.05) is 13.1 Å². The first-order valence-corrected chi connectivity index (χ1v) is 12.6. The van der Waals surface area contributed by atoms with Gasteiger partial charge in [0.1, 0.15) is 11.7 Å². The molecule has 9 nitrogen and oxygen atoms in total. The zero-order chi connectivity index (χ0) is 27.0. The summed E-state index contributed by atoms with van der Waals surface area (Å²) < 4.78 is 16.1. The van der Waals surface area contributed by atoms with Crippen LogP contribution in [-0.2, 0) is 6.54 Å². The Hall–Kier alpha value is -4.70. The van der Waals surface area contributed by atoms with Crippen molar-refractivity contribution in [1.82, 2.24) is 29.2 Å². The topological polar surface area (TPSA) is 106 Å². The molecular formula is C29H25FN6O3. The molecule has 2 aromatic carbocycles. The Kier molecular flexibility index (Phi) is 6.24. The number of carbonyl (C=O) groups excluding carboxylic acids is 1. The number of fused-ring (bicyclic) bond motifs is 1. The molecule has 0 saturated carbocycles. The number of carbonyl (C=O) groups is 1. The zero-order valence-corrected chi connectivity index (χ0v) is 20.9. The molecule has 4 heterocycles. The number of nitrogens with zero attached hydrogens (tertiary/aromatic N) is 6. The van der Waals surface area contributed by atoms with Crippen molar-refractivity contribution >= 4 is 16.9 Å². The average molecular weight is 525 g/mol. The smallest absolute Gasteiger partial charge is 0.264 e. The lowest BCUT2D eigenvalue weighted by Gasteiger charge is -2.38. The summed E-state index contributed by atoms with van der Waals surface area (Å²) >= 11 is 0. The van der Waals surface area contributed by atoms with Gasteiger partial charge in [-0.2, -0.15) is 9.49 Å². The fourth-order valence-electron chi connectivity index (χ4n) is 4.96. The van der Waals surface area contributed by atoms with Crippen LogP contribution in [0.25, 0.3) is 27.8 Å². The molecule has 0 bridgehead atoms. The first-order valence-electron chi connectivity index (χ1n) is 12.6. The highest BCUT2D eigenvalue weighted by Gasteiger charge is 2.35. The lowest BCUT2D eigenvalue weighted by atomic mass is 9.91. The molecule has 1 saturated heterocycles.